The molecule has 0 aliphatic rings. The van der Waals surface area contributed by atoms with Crippen LogP contribution in [0.25, 0.3) is 0 Å². The molecule has 0 bridgehead atoms. The molecular formula is C4H8N2O2. The van der Waals surface area contributed by atoms with Gasteiger partial charge in [-0.1, -0.05) is 0 Å². The summed E-state index contributed by atoms with van der Waals surface area (Å²) in [5.74, 6) is -0.465. The lowest BCUT2D eigenvalue weighted by Gasteiger charge is -2.08. The van der Waals surface area contributed by atoms with E-state index in [1.54, 1.807) is 0 Å². The van der Waals surface area contributed by atoms with Crippen molar-refractivity contribution >= 4 is 12.1 Å². The number of hydrogen-bond donors (Lipinski definition) is 1. The Kier molecular flexibility index (Phi) is 2.79. The van der Waals surface area contributed by atoms with Gasteiger partial charge in [0.2, 0.25) is 0 Å². The molecule has 0 rings (SSSR count). The van der Waals surface area contributed by atoms with Crippen LogP contribution in [-0.2, 0) is 9.63 Å². The fraction of sp³-hybridized carbons (Fsp3) is 0.500. The number of hydroxylamine groups is 2. The average molecular weight is 116 g/mol. The van der Waals surface area contributed by atoms with Crippen molar-refractivity contribution in [2.75, 3.05) is 14.2 Å². The summed E-state index contributed by atoms with van der Waals surface area (Å²) in [5, 5.41) is 7.41. The molecule has 0 aromatic carbocycles. The van der Waals surface area contributed by atoms with Crippen molar-refractivity contribution in [2.24, 2.45) is 0 Å². The lowest BCUT2D eigenvalue weighted by molar-refractivity contribution is -0.159. The first-order valence-electron chi connectivity index (χ1n) is 2.04. The zero-order valence-corrected chi connectivity index (χ0v) is 4.84. The zero-order chi connectivity index (χ0) is 6.57. The van der Waals surface area contributed by atoms with Crippen LogP contribution in [0.5, 0.6) is 0 Å². The molecule has 0 aromatic rings. The van der Waals surface area contributed by atoms with Crippen molar-refractivity contribution in [2.45, 2.75) is 0 Å². The van der Waals surface area contributed by atoms with Crippen LogP contribution in [0.4, 0.5) is 0 Å². The predicted molar refractivity (Wildman–Crippen MR) is 28.6 cm³/mol. The lowest BCUT2D eigenvalue weighted by Crippen LogP contribution is -2.25. The highest BCUT2D eigenvalue weighted by Crippen LogP contribution is 1.77. The normalized spacial score (nSPS) is 8.25. The van der Waals surface area contributed by atoms with E-state index in [1.807, 2.05) is 0 Å². The number of carbonyl (C=O) groups excluding carboxylic acids is 1. The van der Waals surface area contributed by atoms with Crippen LogP contribution in [0.3, 0.4) is 0 Å². The molecule has 4 nitrogen and oxygen atoms in total. The van der Waals surface area contributed by atoms with Crippen LogP contribution in [0.2, 0.25) is 0 Å². The molecule has 0 unspecified atom stereocenters. The summed E-state index contributed by atoms with van der Waals surface area (Å²) in [7, 11) is 2.80. The smallest absolute Gasteiger partial charge is 0.287 e. The summed E-state index contributed by atoms with van der Waals surface area (Å²) in [5.41, 5.74) is 0. The minimum atomic E-state index is -0.465. The Morgan fingerprint density at radius 3 is 2.50 bits per heavy atom. The Labute approximate surface area is 47.5 Å². The average Bonchev–Trinajstić information content (AvgIpc) is 1.84. The summed E-state index contributed by atoms with van der Waals surface area (Å²) in [6.07, 6.45) is 0.684. The predicted octanol–water partition coefficient (Wildman–Crippen LogP) is -0.344. The first-order valence-corrected chi connectivity index (χ1v) is 2.04. The second kappa shape index (κ2) is 3.15. The van der Waals surface area contributed by atoms with E-state index < -0.39 is 5.91 Å². The lowest BCUT2D eigenvalue weighted by atomic mass is 10.7. The molecule has 0 spiro atoms. The third-order valence-electron chi connectivity index (χ3n) is 0.708. The van der Waals surface area contributed by atoms with Crippen molar-refractivity contribution in [1.82, 2.24) is 5.06 Å². The second-order valence-corrected chi connectivity index (χ2v) is 1.16. The first kappa shape index (κ1) is 7.10. The number of carbonyl (C=O) groups is 1. The molecule has 0 aromatic heterocycles. The standard InChI is InChI=1S/C4H8N2O2/c1-6(8-2)4(7)3-5/h3,5H,1-2H3. The zero-order valence-electron chi connectivity index (χ0n) is 4.84. The van der Waals surface area contributed by atoms with Crippen molar-refractivity contribution in [3.63, 3.8) is 0 Å². The Morgan fingerprint density at radius 2 is 2.38 bits per heavy atom. The highest BCUT2D eigenvalue weighted by molar-refractivity contribution is 6.24. The molecule has 0 atom stereocenters. The van der Waals surface area contributed by atoms with Gasteiger partial charge in [0.1, 0.15) is 0 Å². The number of rotatable bonds is 2. The summed E-state index contributed by atoms with van der Waals surface area (Å²) in [6.45, 7) is 0. The summed E-state index contributed by atoms with van der Waals surface area (Å²) in [4.78, 5) is 14.7. The van der Waals surface area contributed by atoms with Gasteiger partial charge in [-0.05, 0) is 0 Å². The van der Waals surface area contributed by atoms with Crippen molar-refractivity contribution < 1.29 is 9.63 Å². The van der Waals surface area contributed by atoms with E-state index in [0.29, 0.717) is 6.21 Å². The third-order valence-corrected chi connectivity index (χ3v) is 0.708. The minimum absolute atomic E-state index is 0.465. The maximum Gasteiger partial charge on any atom is 0.287 e. The van der Waals surface area contributed by atoms with Crippen LogP contribution in [-0.4, -0.2) is 31.3 Å². The molecule has 0 radical (unpaired) electrons. The van der Waals surface area contributed by atoms with Crippen molar-refractivity contribution in [3.05, 3.63) is 0 Å². The largest absolute Gasteiger partial charge is 0.303 e. The Bertz CT molecular complexity index is 102. The van der Waals surface area contributed by atoms with E-state index in [-0.39, 0.29) is 0 Å². The number of hydrogen-bond acceptors (Lipinski definition) is 3. The second-order valence-electron chi connectivity index (χ2n) is 1.16. The summed E-state index contributed by atoms with van der Waals surface area (Å²) >= 11 is 0. The Balaban J connectivity index is 3.62. The van der Waals surface area contributed by atoms with Crippen LogP contribution in [0, 0.1) is 5.41 Å². The molecule has 0 saturated carbocycles. The van der Waals surface area contributed by atoms with Crippen molar-refractivity contribution in [1.29, 1.82) is 5.41 Å². The number of nitrogens with one attached hydrogen (secondary N) is 1. The first-order chi connectivity index (χ1) is 3.72. The van der Waals surface area contributed by atoms with Crippen LogP contribution in [0.15, 0.2) is 0 Å². The molecule has 46 valence electrons. The van der Waals surface area contributed by atoms with Gasteiger partial charge in [0.25, 0.3) is 5.91 Å². The third kappa shape index (κ3) is 1.70. The maximum absolute atomic E-state index is 10.3. The van der Waals surface area contributed by atoms with Crippen molar-refractivity contribution in [3.8, 4) is 0 Å². The molecule has 1 N–H and O–H groups in total. The number of nitrogens with zero attached hydrogens (tertiary/aromatic N) is 1. The van der Waals surface area contributed by atoms with Gasteiger partial charge >= 0.3 is 0 Å². The molecule has 8 heavy (non-hydrogen) atoms. The maximum atomic E-state index is 10.3. The van der Waals surface area contributed by atoms with E-state index in [4.69, 9.17) is 5.41 Å². The van der Waals surface area contributed by atoms with Gasteiger partial charge in [0, 0.05) is 7.05 Å². The quantitative estimate of drug-likeness (QED) is 0.396. The Morgan fingerprint density at radius 1 is 1.88 bits per heavy atom. The number of amides is 1. The highest BCUT2D eigenvalue weighted by Gasteiger charge is 1.99. The summed E-state index contributed by atoms with van der Waals surface area (Å²) in [6, 6.07) is 0. The van der Waals surface area contributed by atoms with E-state index in [9.17, 15) is 4.79 Å². The van der Waals surface area contributed by atoms with E-state index in [2.05, 4.69) is 4.84 Å². The van der Waals surface area contributed by atoms with Gasteiger partial charge < -0.3 is 5.41 Å². The van der Waals surface area contributed by atoms with E-state index in [0.717, 1.165) is 5.06 Å². The molecule has 4 heteroatoms. The molecule has 0 aliphatic carbocycles. The van der Waals surface area contributed by atoms with Crippen LogP contribution >= 0.6 is 0 Å². The molecular weight excluding hydrogens is 108 g/mol. The molecule has 0 fully saturated rings. The fourth-order valence-electron chi connectivity index (χ4n) is 0.181. The van der Waals surface area contributed by atoms with E-state index >= 15 is 0 Å². The van der Waals surface area contributed by atoms with Crippen LogP contribution in [0.1, 0.15) is 0 Å². The minimum Gasteiger partial charge on any atom is -0.303 e. The highest BCUT2D eigenvalue weighted by atomic mass is 16.7. The van der Waals surface area contributed by atoms with Crippen LogP contribution < -0.4 is 0 Å². The molecule has 0 aliphatic heterocycles. The Hall–Kier alpha value is -0.900. The molecule has 0 heterocycles. The molecule has 0 saturated heterocycles. The van der Waals surface area contributed by atoms with Gasteiger partial charge in [-0.2, -0.15) is 0 Å². The summed E-state index contributed by atoms with van der Waals surface area (Å²) < 4.78 is 0. The topological polar surface area (TPSA) is 53.4 Å². The SMILES string of the molecule is CON(C)C(=O)C=N. The van der Waals surface area contributed by atoms with Gasteiger partial charge in [-0.15, -0.1) is 0 Å². The fourth-order valence-corrected chi connectivity index (χ4v) is 0.181. The van der Waals surface area contributed by atoms with E-state index in [1.165, 1.54) is 14.2 Å². The molecule has 1 amide bonds. The van der Waals surface area contributed by atoms with Gasteiger partial charge in [-0.3, -0.25) is 9.63 Å². The van der Waals surface area contributed by atoms with Gasteiger partial charge in [0.05, 0.1) is 13.3 Å². The van der Waals surface area contributed by atoms with Gasteiger partial charge in [-0.25, -0.2) is 5.06 Å². The monoisotopic (exact) mass is 116 g/mol. The van der Waals surface area contributed by atoms with Gasteiger partial charge in [0.15, 0.2) is 0 Å².